The van der Waals surface area contributed by atoms with Crippen LogP contribution in [0.3, 0.4) is 0 Å². The number of rotatable bonds is 11. The number of hydrogen-bond acceptors (Lipinski definition) is 8. The Bertz CT molecular complexity index is 919. The molecule has 0 spiro atoms. The zero-order valence-corrected chi connectivity index (χ0v) is 18.7. The molecule has 1 heterocycles. The van der Waals surface area contributed by atoms with Crippen molar-refractivity contribution >= 4 is 46.6 Å². The van der Waals surface area contributed by atoms with Crippen LogP contribution in [0.25, 0.3) is 0 Å². The van der Waals surface area contributed by atoms with Gasteiger partial charge in [-0.2, -0.15) is 11.8 Å². The van der Waals surface area contributed by atoms with Crippen LogP contribution in [0, 0.1) is 10.1 Å². The molecule has 11 heteroatoms. The van der Waals surface area contributed by atoms with Crippen LogP contribution in [0.15, 0.2) is 41.8 Å². The van der Waals surface area contributed by atoms with E-state index in [4.69, 9.17) is 4.74 Å². The van der Waals surface area contributed by atoms with Gasteiger partial charge in [0.1, 0.15) is 6.04 Å². The summed E-state index contributed by atoms with van der Waals surface area (Å²) in [5.74, 6) is -1.16. The highest BCUT2D eigenvalue weighted by atomic mass is 32.2. The van der Waals surface area contributed by atoms with Crippen molar-refractivity contribution in [2.24, 2.45) is 0 Å². The van der Waals surface area contributed by atoms with Gasteiger partial charge in [-0.15, -0.1) is 11.3 Å². The van der Waals surface area contributed by atoms with Gasteiger partial charge in [-0.05, 0) is 35.9 Å². The first-order chi connectivity index (χ1) is 14.8. The Morgan fingerprint density at radius 1 is 1.29 bits per heavy atom. The summed E-state index contributed by atoms with van der Waals surface area (Å²) in [5, 5.41) is 15.4. The van der Waals surface area contributed by atoms with Gasteiger partial charge >= 0.3 is 5.97 Å². The molecule has 0 saturated carbocycles. The van der Waals surface area contributed by atoms with Crippen LogP contribution < -0.4 is 5.32 Å². The van der Waals surface area contributed by atoms with Gasteiger partial charge in [0.15, 0.2) is 6.61 Å². The average Bonchev–Trinajstić information content (AvgIpc) is 3.27. The van der Waals surface area contributed by atoms with E-state index >= 15 is 0 Å². The predicted octanol–water partition coefficient (Wildman–Crippen LogP) is 2.71. The maximum Gasteiger partial charge on any atom is 0.329 e. The Balaban J connectivity index is 1.96. The lowest BCUT2D eigenvalue weighted by Crippen LogP contribution is -2.43. The number of carbonyl (C=O) groups is 3. The largest absolute Gasteiger partial charge is 0.454 e. The Kier molecular flexibility index (Phi) is 9.47. The van der Waals surface area contributed by atoms with Gasteiger partial charge in [0.25, 0.3) is 17.5 Å². The number of esters is 1. The van der Waals surface area contributed by atoms with Crippen LogP contribution in [-0.4, -0.2) is 59.3 Å². The van der Waals surface area contributed by atoms with Gasteiger partial charge in [-0.25, -0.2) is 4.79 Å². The molecule has 0 aliphatic heterocycles. The molecule has 31 heavy (non-hydrogen) atoms. The lowest BCUT2D eigenvalue weighted by Gasteiger charge is -2.19. The number of likely N-dealkylation sites (N-methyl/N-ethyl adjacent to an activating group) is 1. The summed E-state index contributed by atoms with van der Waals surface area (Å²) in [6.07, 6.45) is 2.15. The lowest BCUT2D eigenvalue weighted by molar-refractivity contribution is -0.384. The Hall–Kier alpha value is -2.92. The van der Waals surface area contributed by atoms with E-state index < -0.39 is 29.4 Å². The summed E-state index contributed by atoms with van der Waals surface area (Å²) in [6, 6.07) is 8.03. The number of nitrogens with one attached hydrogen (secondary N) is 1. The van der Waals surface area contributed by atoms with Gasteiger partial charge in [0.05, 0.1) is 11.5 Å². The van der Waals surface area contributed by atoms with Crippen LogP contribution >= 0.6 is 23.1 Å². The van der Waals surface area contributed by atoms with Crippen molar-refractivity contribution in [3.05, 3.63) is 62.3 Å². The third-order valence-electron chi connectivity index (χ3n) is 4.26. The molecular weight excluding hydrogens is 442 g/mol. The Morgan fingerprint density at radius 3 is 2.71 bits per heavy atom. The number of carbonyl (C=O) groups excluding carboxylic acids is 3. The first-order valence-electron chi connectivity index (χ1n) is 9.29. The molecule has 0 radical (unpaired) electrons. The third-order valence-corrected chi connectivity index (χ3v) is 5.76. The number of hydrogen-bond donors (Lipinski definition) is 1. The predicted molar refractivity (Wildman–Crippen MR) is 119 cm³/mol. The molecule has 9 nitrogen and oxygen atoms in total. The number of thioether (sulfide) groups is 1. The van der Waals surface area contributed by atoms with Crippen molar-refractivity contribution in [3.63, 3.8) is 0 Å². The molecule has 2 amide bonds. The van der Waals surface area contributed by atoms with Crippen molar-refractivity contribution < 1.29 is 24.0 Å². The lowest BCUT2D eigenvalue weighted by atomic mass is 10.1. The SMILES string of the molecule is CSCC[C@H](NC(=O)c1cccc([N+](=O)[O-])c1)C(=O)OCC(=O)N(C)Cc1cccs1. The normalized spacial score (nSPS) is 11.4. The quantitative estimate of drug-likeness (QED) is 0.308. The second kappa shape index (κ2) is 12.1. The maximum atomic E-state index is 12.5. The summed E-state index contributed by atoms with van der Waals surface area (Å²) in [5.41, 5.74) is -0.168. The minimum Gasteiger partial charge on any atom is -0.454 e. The highest BCUT2D eigenvalue weighted by molar-refractivity contribution is 7.98. The Labute approximate surface area is 187 Å². The number of ether oxygens (including phenoxy) is 1. The number of nitro groups is 1. The number of nitro benzene ring substituents is 1. The monoisotopic (exact) mass is 465 g/mol. The third kappa shape index (κ3) is 7.68. The van der Waals surface area contributed by atoms with Crippen LogP contribution in [0.1, 0.15) is 21.7 Å². The van der Waals surface area contributed by atoms with Gasteiger partial charge < -0.3 is 15.0 Å². The highest BCUT2D eigenvalue weighted by Crippen LogP contribution is 2.14. The van der Waals surface area contributed by atoms with Crippen LogP contribution in [0.5, 0.6) is 0 Å². The van der Waals surface area contributed by atoms with E-state index in [0.717, 1.165) is 10.9 Å². The van der Waals surface area contributed by atoms with Gasteiger partial charge in [0.2, 0.25) is 0 Å². The van der Waals surface area contributed by atoms with Crippen LogP contribution in [-0.2, 0) is 20.9 Å². The fourth-order valence-electron chi connectivity index (χ4n) is 2.56. The first kappa shape index (κ1) is 24.4. The standard InChI is InChI=1S/C20H23N3O6S2/c1-22(12-16-7-4-9-31-16)18(24)13-29-20(26)17(8-10-30-2)21-19(25)14-5-3-6-15(11-14)23(27)28/h3-7,9,11,17H,8,10,12-13H2,1-2H3,(H,21,25)/t17-/m0/s1. The molecule has 166 valence electrons. The maximum absolute atomic E-state index is 12.5. The van der Waals surface area contributed by atoms with E-state index in [1.165, 1.54) is 46.2 Å². The van der Waals surface area contributed by atoms with Gasteiger partial charge in [0, 0.05) is 29.6 Å². The van der Waals surface area contributed by atoms with Crippen molar-refractivity contribution in [2.45, 2.75) is 19.0 Å². The number of non-ortho nitro benzene ring substituents is 1. The second-order valence-electron chi connectivity index (χ2n) is 6.55. The first-order valence-corrected chi connectivity index (χ1v) is 11.6. The molecule has 0 fully saturated rings. The minimum absolute atomic E-state index is 0.0582. The molecule has 1 aromatic carbocycles. The molecule has 2 aromatic rings. The van der Waals surface area contributed by atoms with Crippen molar-refractivity contribution in [1.29, 1.82) is 0 Å². The molecule has 2 rings (SSSR count). The van der Waals surface area contributed by atoms with E-state index in [0.29, 0.717) is 18.7 Å². The summed E-state index contributed by atoms with van der Waals surface area (Å²) >= 11 is 3.01. The van der Waals surface area contributed by atoms with E-state index in [-0.39, 0.29) is 17.2 Å². The summed E-state index contributed by atoms with van der Waals surface area (Å²) in [6.45, 7) is -0.0311. The minimum atomic E-state index is -0.977. The van der Waals surface area contributed by atoms with Gasteiger partial charge in [-0.3, -0.25) is 19.7 Å². The van der Waals surface area contributed by atoms with Crippen molar-refractivity contribution in [2.75, 3.05) is 25.7 Å². The summed E-state index contributed by atoms with van der Waals surface area (Å²) in [4.78, 5) is 50.0. The zero-order valence-electron chi connectivity index (χ0n) is 17.1. The molecule has 0 bridgehead atoms. The fraction of sp³-hybridized carbons (Fsp3) is 0.350. The molecule has 0 aliphatic rings. The molecule has 0 saturated heterocycles. The van der Waals surface area contributed by atoms with Gasteiger partial charge in [-0.1, -0.05) is 12.1 Å². The molecule has 0 aliphatic carbocycles. The topological polar surface area (TPSA) is 119 Å². The van der Waals surface area contributed by atoms with Crippen LogP contribution in [0.2, 0.25) is 0 Å². The van der Waals surface area contributed by atoms with Crippen LogP contribution in [0.4, 0.5) is 5.69 Å². The highest BCUT2D eigenvalue weighted by Gasteiger charge is 2.24. The van der Waals surface area contributed by atoms with Crippen molar-refractivity contribution in [3.8, 4) is 0 Å². The Morgan fingerprint density at radius 2 is 2.06 bits per heavy atom. The number of nitrogens with zero attached hydrogens (tertiary/aromatic N) is 2. The molecule has 1 N–H and O–H groups in total. The number of amides is 2. The molecule has 1 aromatic heterocycles. The second-order valence-corrected chi connectivity index (χ2v) is 8.57. The molecule has 0 unspecified atom stereocenters. The summed E-state index contributed by atoms with van der Waals surface area (Å²) in [7, 11) is 1.62. The van der Waals surface area contributed by atoms with Crippen molar-refractivity contribution in [1.82, 2.24) is 10.2 Å². The average molecular weight is 466 g/mol. The summed E-state index contributed by atoms with van der Waals surface area (Å²) < 4.78 is 5.14. The fourth-order valence-corrected chi connectivity index (χ4v) is 3.78. The number of thiophene rings is 1. The smallest absolute Gasteiger partial charge is 0.329 e. The van der Waals surface area contributed by atoms with E-state index in [1.54, 1.807) is 7.05 Å². The van der Waals surface area contributed by atoms with E-state index in [9.17, 15) is 24.5 Å². The van der Waals surface area contributed by atoms with E-state index in [2.05, 4.69) is 5.32 Å². The van der Waals surface area contributed by atoms with E-state index in [1.807, 2.05) is 23.8 Å². The molecular formula is C20H23N3O6S2. The molecule has 1 atom stereocenters. The number of benzene rings is 1. The zero-order chi connectivity index (χ0) is 22.8.